The highest BCUT2D eigenvalue weighted by atomic mass is 16.5. The highest BCUT2D eigenvalue weighted by Gasteiger charge is 2.36. The van der Waals surface area contributed by atoms with Crippen LogP contribution in [-0.2, 0) is 12.0 Å². The minimum atomic E-state index is -0.546. The van der Waals surface area contributed by atoms with Gasteiger partial charge in [0.2, 0.25) is 0 Å². The van der Waals surface area contributed by atoms with E-state index in [1.165, 1.54) is 0 Å². The third-order valence-corrected chi connectivity index (χ3v) is 6.43. The molecule has 0 unspecified atom stereocenters. The summed E-state index contributed by atoms with van der Waals surface area (Å²) in [7, 11) is 1.60. The van der Waals surface area contributed by atoms with Crippen molar-refractivity contribution in [1.29, 1.82) is 0 Å². The highest BCUT2D eigenvalue weighted by molar-refractivity contribution is 6.09. The predicted octanol–water partition coefficient (Wildman–Crippen LogP) is 6.99. The maximum atomic E-state index is 13.5. The average molecular weight is 460 g/mol. The van der Waals surface area contributed by atoms with Crippen molar-refractivity contribution in [1.82, 2.24) is 0 Å². The molecule has 1 amide bonds. The van der Waals surface area contributed by atoms with E-state index in [0.717, 1.165) is 41.5 Å². The molecule has 1 aliphatic heterocycles. The van der Waals surface area contributed by atoms with Gasteiger partial charge in [-0.1, -0.05) is 43.5 Å². The van der Waals surface area contributed by atoms with Crippen molar-refractivity contribution >= 4 is 11.6 Å². The largest absolute Gasteiger partial charge is 0.506 e. The quantitative estimate of drug-likeness (QED) is 0.374. The number of hydrogen-bond acceptors (Lipinski definition) is 4. The summed E-state index contributed by atoms with van der Waals surface area (Å²) in [5.41, 5.74) is 4.74. The maximum absolute atomic E-state index is 13.5. The van der Waals surface area contributed by atoms with Crippen molar-refractivity contribution in [2.75, 3.05) is 12.4 Å². The molecule has 0 bridgehead atoms. The van der Waals surface area contributed by atoms with Crippen LogP contribution in [0.1, 0.15) is 67.1 Å². The number of rotatable bonds is 7. The van der Waals surface area contributed by atoms with Gasteiger partial charge < -0.3 is 19.9 Å². The fourth-order valence-electron chi connectivity index (χ4n) is 4.64. The van der Waals surface area contributed by atoms with Gasteiger partial charge in [-0.05, 0) is 75.1 Å². The molecule has 0 aromatic heterocycles. The monoisotopic (exact) mass is 459 g/mol. The van der Waals surface area contributed by atoms with Crippen molar-refractivity contribution in [3.63, 3.8) is 0 Å². The summed E-state index contributed by atoms with van der Waals surface area (Å²) in [6.45, 7) is 8.23. The average Bonchev–Trinajstić information content (AvgIpc) is 2.79. The second-order valence-electron chi connectivity index (χ2n) is 9.43. The van der Waals surface area contributed by atoms with Crippen LogP contribution in [-0.4, -0.2) is 18.1 Å². The lowest BCUT2D eigenvalue weighted by Gasteiger charge is -2.36. The Bertz CT molecular complexity index is 1210. The number of ether oxygens (including phenoxy) is 2. The minimum Gasteiger partial charge on any atom is -0.506 e. The van der Waals surface area contributed by atoms with Gasteiger partial charge in [0.05, 0.1) is 18.2 Å². The summed E-state index contributed by atoms with van der Waals surface area (Å²) in [5, 5.41) is 14.5. The van der Waals surface area contributed by atoms with Crippen LogP contribution in [0.3, 0.4) is 0 Å². The summed E-state index contributed by atoms with van der Waals surface area (Å²) >= 11 is 0. The topological polar surface area (TPSA) is 67.8 Å². The minimum absolute atomic E-state index is 0.0302. The molecule has 5 nitrogen and oxygen atoms in total. The number of carbonyl (C=O) groups excluding carboxylic acids is 1. The van der Waals surface area contributed by atoms with Crippen LogP contribution in [0.15, 0.2) is 48.5 Å². The summed E-state index contributed by atoms with van der Waals surface area (Å²) < 4.78 is 11.6. The first kappa shape index (κ1) is 23.7. The molecule has 34 heavy (non-hydrogen) atoms. The number of aryl methyl sites for hydroxylation is 2. The number of amides is 1. The Morgan fingerprint density at radius 3 is 2.50 bits per heavy atom. The SMILES string of the molecule is CCCCCc1cc2c(c(O)c1C(=O)Nc1ccc(OC)cc1)-c1cc(C)ccc1C(C)(C)O2. The number of nitrogens with one attached hydrogen (secondary N) is 1. The Balaban J connectivity index is 1.83. The number of phenols is 1. The lowest BCUT2D eigenvalue weighted by molar-refractivity contribution is 0.101. The van der Waals surface area contributed by atoms with Gasteiger partial charge >= 0.3 is 0 Å². The van der Waals surface area contributed by atoms with Crippen molar-refractivity contribution in [3.05, 3.63) is 70.8 Å². The van der Waals surface area contributed by atoms with E-state index in [-0.39, 0.29) is 11.7 Å². The molecular weight excluding hydrogens is 426 g/mol. The number of fused-ring (bicyclic) bond motifs is 3. The molecule has 0 atom stereocenters. The van der Waals surface area contributed by atoms with E-state index in [4.69, 9.17) is 9.47 Å². The number of anilines is 1. The lowest BCUT2D eigenvalue weighted by Crippen LogP contribution is -2.30. The molecule has 0 aliphatic carbocycles. The maximum Gasteiger partial charge on any atom is 0.259 e. The number of carbonyl (C=O) groups is 1. The molecule has 3 aromatic carbocycles. The van der Waals surface area contributed by atoms with E-state index in [2.05, 4.69) is 18.3 Å². The number of phenolic OH excluding ortho intramolecular Hbond substituents is 1. The Morgan fingerprint density at radius 1 is 1.09 bits per heavy atom. The van der Waals surface area contributed by atoms with E-state index < -0.39 is 5.60 Å². The standard InChI is InChI=1S/C29H33NO4/c1-6-7-8-9-19-17-24-26(22-16-18(2)10-15-23(22)29(3,4)34-24)27(31)25(19)28(32)30-20-11-13-21(33-5)14-12-20/h10-17,31H,6-9H2,1-5H3,(H,30,32). The van der Waals surface area contributed by atoms with Crippen LogP contribution in [0.2, 0.25) is 0 Å². The molecule has 0 radical (unpaired) electrons. The van der Waals surface area contributed by atoms with Gasteiger partial charge in [0, 0.05) is 11.3 Å². The third kappa shape index (κ3) is 4.47. The summed E-state index contributed by atoms with van der Waals surface area (Å²) in [6, 6.07) is 15.2. The molecule has 2 N–H and O–H groups in total. The van der Waals surface area contributed by atoms with Crippen molar-refractivity contribution in [3.8, 4) is 28.4 Å². The molecule has 1 aliphatic rings. The Labute approximate surface area is 201 Å². The van der Waals surface area contributed by atoms with E-state index >= 15 is 0 Å². The van der Waals surface area contributed by atoms with E-state index in [9.17, 15) is 9.90 Å². The van der Waals surface area contributed by atoms with Crippen LogP contribution in [0.25, 0.3) is 11.1 Å². The van der Waals surface area contributed by atoms with Crippen LogP contribution in [0.5, 0.6) is 17.2 Å². The zero-order valence-electron chi connectivity index (χ0n) is 20.6. The van der Waals surface area contributed by atoms with Crippen molar-refractivity contribution in [2.24, 2.45) is 0 Å². The van der Waals surface area contributed by atoms with Crippen LogP contribution >= 0.6 is 0 Å². The van der Waals surface area contributed by atoms with Gasteiger partial charge in [-0.25, -0.2) is 0 Å². The highest BCUT2D eigenvalue weighted by Crippen LogP contribution is 2.51. The molecule has 3 aromatic rings. The summed E-state index contributed by atoms with van der Waals surface area (Å²) in [6.07, 6.45) is 3.73. The number of benzene rings is 3. The molecule has 1 heterocycles. The Kier molecular flexibility index (Phi) is 6.56. The molecule has 5 heteroatoms. The first-order chi connectivity index (χ1) is 16.2. The lowest BCUT2D eigenvalue weighted by atomic mass is 9.83. The van der Waals surface area contributed by atoms with Crippen molar-refractivity contribution < 1.29 is 19.4 Å². The van der Waals surface area contributed by atoms with Gasteiger partial charge in [-0.2, -0.15) is 0 Å². The second kappa shape index (κ2) is 9.41. The summed E-state index contributed by atoms with van der Waals surface area (Å²) in [5.74, 6) is 0.961. The second-order valence-corrected chi connectivity index (χ2v) is 9.43. The number of aromatic hydroxyl groups is 1. The molecule has 0 saturated carbocycles. The molecule has 0 fully saturated rings. The fraction of sp³-hybridized carbons (Fsp3) is 0.345. The normalized spacial score (nSPS) is 13.4. The zero-order valence-corrected chi connectivity index (χ0v) is 20.6. The summed E-state index contributed by atoms with van der Waals surface area (Å²) in [4.78, 5) is 13.5. The van der Waals surface area contributed by atoms with E-state index in [1.807, 2.05) is 39.0 Å². The number of unbranched alkanes of at least 4 members (excludes halogenated alkanes) is 2. The van der Waals surface area contributed by atoms with Gasteiger partial charge in [-0.15, -0.1) is 0 Å². The molecular formula is C29H33NO4. The van der Waals surface area contributed by atoms with Gasteiger partial charge in [0.25, 0.3) is 5.91 Å². The molecule has 4 rings (SSSR count). The molecule has 0 spiro atoms. The Morgan fingerprint density at radius 2 is 1.82 bits per heavy atom. The molecule has 0 saturated heterocycles. The van der Waals surface area contributed by atoms with Crippen molar-refractivity contribution in [2.45, 2.75) is 59.0 Å². The van der Waals surface area contributed by atoms with Gasteiger partial charge in [-0.3, -0.25) is 4.79 Å². The third-order valence-electron chi connectivity index (χ3n) is 6.43. The van der Waals surface area contributed by atoms with Crippen LogP contribution in [0, 0.1) is 6.92 Å². The Hall–Kier alpha value is -3.47. The number of methoxy groups -OCH3 is 1. The first-order valence-electron chi connectivity index (χ1n) is 11.9. The van der Waals surface area contributed by atoms with E-state index in [1.54, 1.807) is 31.4 Å². The fourth-order valence-corrected chi connectivity index (χ4v) is 4.64. The smallest absolute Gasteiger partial charge is 0.259 e. The van der Waals surface area contributed by atoms with Gasteiger partial charge in [0.1, 0.15) is 22.8 Å². The van der Waals surface area contributed by atoms with E-state index in [0.29, 0.717) is 34.7 Å². The van der Waals surface area contributed by atoms with Crippen LogP contribution < -0.4 is 14.8 Å². The van der Waals surface area contributed by atoms with Crippen LogP contribution in [0.4, 0.5) is 5.69 Å². The predicted molar refractivity (Wildman–Crippen MR) is 136 cm³/mol. The number of hydrogen-bond donors (Lipinski definition) is 2. The zero-order chi connectivity index (χ0) is 24.5. The first-order valence-corrected chi connectivity index (χ1v) is 11.9. The van der Waals surface area contributed by atoms with Gasteiger partial charge in [0.15, 0.2) is 0 Å². The molecule has 178 valence electrons.